The van der Waals surface area contributed by atoms with E-state index in [4.69, 9.17) is 9.47 Å². The summed E-state index contributed by atoms with van der Waals surface area (Å²) < 4.78 is 10.6. The molecule has 4 fully saturated rings. The van der Waals surface area contributed by atoms with Crippen LogP contribution in [-0.4, -0.2) is 35.7 Å². The number of ether oxygens (including phenoxy) is 2. The maximum atomic E-state index is 13.1. The van der Waals surface area contributed by atoms with Crippen molar-refractivity contribution in [3.8, 4) is 0 Å². The van der Waals surface area contributed by atoms with Crippen molar-refractivity contribution < 1.29 is 28.7 Å². The van der Waals surface area contributed by atoms with Gasteiger partial charge in [-0.15, -0.1) is 0 Å². The molecule has 0 aromatic carbocycles. The molecule has 4 aliphatic rings. The van der Waals surface area contributed by atoms with Crippen LogP contribution in [0.4, 0.5) is 0 Å². The third kappa shape index (κ3) is 3.54. The Labute approximate surface area is 184 Å². The first-order valence-corrected chi connectivity index (χ1v) is 11.9. The average Bonchev–Trinajstić information content (AvgIpc) is 3.01. The van der Waals surface area contributed by atoms with Crippen LogP contribution in [0.15, 0.2) is 0 Å². The number of carbonyl (C=O) groups is 4. The van der Waals surface area contributed by atoms with Gasteiger partial charge in [0.2, 0.25) is 5.78 Å². The highest BCUT2D eigenvalue weighted by Crippen LogP contribution is 2.66. The summed E-state index contributed by atoms with van der Waals surface area (Å²) in [5.74, 6) is 1.07. The van der Waals surface area contributed by atoms with E-state index < -0.39 is 17.5 Å². The van der Waals surface area contributed by atoms with E-state index in [0.29, 0.717) is 36.4 Å². The van der Waals surface area contributed by atoms with Crippen LogP contribution in [0, 0.1) is 34.5 Å². The van der Waals surface area contributed by atoms with Crippen molar-refractivity contribution in [2.24, 2.45) is 34.5 Å². The van der Waals surface area contributed by atoms with Gasteiger partial charge in [-0.1, -0.05) is 13.8 Å². The standard InChI is InChI=1S/C25H36O6/c1-15(26)30-14-22(29)25(31-16(2)27)12-11-23(3)17(13-25)5-6-18-19-7-8-21(28)24(19,4)10-9-20(18)23/h17-20H,5-14H2,1-4H3/t17-,18+,19+,20+,23-,24-,25+/m0/s1. The van der Waals surface area contributed by atoms with Crippen molar-refractivity contribution in [3.63, 3.8) is 0 Å². The highest BCUT2D eigenvalue weighted by molar-refractivity contribution is 5.91. The molecule has 0 radical (unpaired) electrons. The quantitative estimate of drug-likeness (QED) is 0.623. The van der Waals surface area contributed by atoms with Crippen LogP contribution >= 0.6 is 0 Å². The maximum absolute atomic E-state index is 13.1. The van der Waals surface area contributed by atoms with E-state index in [1.165, 1.54) is 13.8 Å². The Balaban J connectivity index is 1.56. The zero-order chi connectivity index (χ0) is 22.6. The van der Waals surface area contributed by atoms with Crippen LogP contribution in [0.25, 0.3) is 0 Å². The molecule has 31 heavy (non-hydrogen) atoms. The SMILES string of the molecule is CC(=O)OCC(=O)[C@@]1(OC(C)=O)CC[C@@]2(C)[C@@H](CC[C@H]3[C@H]2CC[C@]2(C)C(=O)CC[C@H]32)C1. The van der Waals surface area contributed by atoms with Crippen LogP contribution in [0.5, 0.6) is 0 Å². The van der Waals surface area contributed by atoms with E-state index in [2.05, 4.69) is 13.8 Å². The van der Waals surface area contributed by atoms with E-state index in [1.807, 2.05) is 0 Å². The van der Waals surface area contributed by atoms with Gasteiger partial charge in [0, 0.05) is 25.7 Å². The minimum absolute atomic E-state index is 0.0846. The summed E-state index contributed by atoms with van der Waals surface area (Å²) in [4.78, 5) is 48.8. The van der Waals surface area contributed by atoms with Gasteiger partial charge in [0.25, 0.3) is 0 Å². The fraction of sp³-hybridized carbons (Fsp3) is 0.840. The molecule has 172 valence electrons. The van der Waals surface area contributed by atoms with Crippen LogP contribution in [0.2, 0.25) is 0 Å². The largest absolute Gasteiger partial charge is 0.458 e. The van der Waals surface area contributed by atoms with Crippen molar-refractivity contribution in [1.29, 1.82) is 0 Å². The van der Waals surface area contributed by atoms with E-state index in [-0.39, 0.29) is 29.1 Å². The van der Waals surface area contributed by atoms with Crippen LogP contribution in [0.3, 0.4) is 0 Å². The topological polar surface area (TPSA) is 86.7 Å². The van der Waals surface area contributed by atoms with Crippen molar-refractivity contribution in [2.45, 2.75) is 91.1 Å². The molecule has 0 aromatic rings. The Hall–Kier alpha value is -1.72. The summed E-state index contributed by atoms with van der Waals surface area (Å²) in [6.45, 7) is 6.82. The van der Waals surface area contributed by atoms with Crippen molar-refractivity contribution in [3.05, 3.63) is 0 Å². The number of hydrogen-bond donors (Lipinski definition) is 0. The zero-order valence-electron chi connectivity index (χ0n) is 19.3. The molecule has 0 saturated heterocycles. The second-order valence-corrected chi connectivity index (χ2v) is 11.1. The lowest BCUT2D eigenvalue weighted by atomic mass is 9.44. The Morgan fingerprint density at radius 2 is 1.68 bits per heavy atom. The third-order valence-corrected chi connectivity index (χ3v) is 9.67. The van der Waals surface area contributed by atoms with Gasteiger partial charge < -0.3 is 9.47 Å². The molecule has 0 unspecified atom stereocenters. The highest BCUT2D eigenvalue weighted by Gasteiger charge is 2.62. The van der Waals surface area contributed by atoms with Crippen molar-refractivity contribution in [2.75, 3.05) is 6.61 Å². The molecule has 4 rings (SSSR count). The molecule has 4 saturated carbocycles. The van der Waals surface area contributed by atoms with E-state index in [9.17, 15) is 19.2 Å². The molecule has 0 bridgehead atoms. The first-order chi connectivity index (χ1) is 14.5. The summed E-state index contributed by atoms with van der Waals surface area (Å²) in [6, 6.07) is 0. The second kappa shape index (κ2) is 7.70. The molecule has 7 atom stereocenters. The first kappa shape index (κ1) is 22.5. The van der Waals surface area contributed by atoms with Crippen LogP contribution in [-0.2, 0) is 28.7 Å². The Morgan fingerprint density at radius 1 is 0.935 bits per heavy atom. The van der Waals surface area contributed by atoms with Crippen molar-refractivity contribution >= 4 is 23.5 Å². The normalized spacial score (nSPS) is 43.9. The number of carbonyl (C=O) groups excluding carboxylic acids is 4. The zero-order valence-corrected chi connectivity index (χ0v) is 19.3. The molecule has 0 amide bonds. The number of hydrogen-bond acceptors (Lipinski definition) is 6. The van der Waals surface area contributed by atoms with Gasteiger partial charge in [0.15, 0.2) is 12.2 Å². The van der Waals surface area contributed by atoms with Gasteiger partial charge in [-0.25, -0.2) is 0 Å². The van der Waals surface area contributed by atoms with Crippen LogP contribution < -0.4 is 0 Å². The Kier molecular flexibility index (Phi) is 5.58. The van der Waals surface area contributed by atoms with E-state index in [1.54, 1.807) is 0 Å². The fourth-order valence-corrected chi connectivity index (χ4v) is 7.98. The minimum atomic E-state index is -1.19. The van der Waals surface area contributed by atoms with Crippen LogP contribution in [0.1, 0.15) is 85.5 Å². The summed E-state index contributed by atoms with van der Waals surface area (Å²) >= 11 is 0. The molecule has 0 heterocycles. The lowest BCUT2D eigenvalue weighted by Gasteiger charge is -2.61. The molecule has 6 heteroatoms. The predicted octanol–water partition coefficient (Wildman–Crippen LogP) is 4.03. The number of esters is 2. The Bertz CT molecular complexity index is 804. The second-order valence-electron chi connectivity index (χ2n) is 11.1. The number of Topliss-reactive ketones (excluding diaryl/α,β-unsaturated/α-hetero) is 2. The number of rotatable bonds is 4. The summed E-state index contributed by atoms with van der Waals surface area (Å²) in [7, 11) is 0. The van der Waals surface area contributed by atoms with Gasteiger partial charge in [-0.2, -0.15) is 0 Å². The predicted molar refractivity (Wildman–Crippen MR) is 113 cm³/mol. The Morgan fingerprint density at radius 3 is 2.35 bits per heavy atom. The van der Waals surface area contributed by atoms with Gasteiger partial charge in [0.1, 0.15) is 5.78 Å². The van der Waals surface area contributed by atoms with Crippen molar-refractivity contribution in [1.82, 2.24) is 0 Å². The molecular formula is C25H36O6. The summed E-state index contributed by atoms with van der Waals surface area (Å²) in [5, 5.41) is 0. The van der Waals surface area contributed by atoms with E-state index in [0.717, 1.165) is 44.9 Å². The lowest BCUT2D eigenvalue weighted by molar-refractivity contribution is -0.189. The highest BCUT2D eigenvalue weighted by atomic mass is 16.6. The van der Waals surface area contributed by atoms with Gasteiger partial charge in [-0.3, -0.25) is 19.2 Å². The number of ketones is 2. The molecule has 0 aromatic heterocycles. The van der Waals surface area contributed by atoms with Gasteiger partial charge in [0.05, 0.1) is 0 Å². The van der Waals surface area contributed by atoms with E-state index >= 15 is 0 Å². The maximum Gasteiger partial charge on any atom is 0.303 e. The molecular weight excluding hydrogens is 396 g/mol. The first-order valence-electron chi connectivity index (χ1n) is 11.9. The molecule has 4 aliphatic carbocycles. The van der Waals surface area contributed by atoms with Gasteiger partial charge >= 0.3 is 11.9 Å². The summed E-state index contributed by atoms with van der Waals surface area (Å²) in [5.41, 5.74) is -1.24. The summed E-state index contributed by atoms with van der Waals surface area (Å²) in [6.07, 6.45) is 7.65. The average molecular weight is 433 g/mol. The third-order valence-electron chi connectivity index (χ3n) is 9.67. The lowest BCUT2D eigenvalue weighted by Crippen LogP contribution is -2.59. The fourth-order valence-electron chi connectivity index (χ4n) is 7.98. The van der Waals surface area contributed by atoms with Gasteiger partial charge in [-0.05, 0) is 80.5 Å². The molecule has 0 N–H and O–H groups in total. The minimum Gasteiger partial charge on any atom is -0.458 e. The monoisotopic (exact) mass is 432 g/mol. The molecule has 6 nitrogen and oxygen atoms in total. The molecule has 0 aliphatic heterocycles. The smallest absolute Gasteiger partial charge is 0.303 e. The number of fused-ring (bicyclic) bond motifs is 5. The molecule has 0 spiro atoms.